The van der Waals surface area contributed by atoms with Crippen molar-refractivity contribution in [3.8, 4) is 0 Å². The van der Waals surface area contributed by atoms with Crippen LogP contribution < -0.4 is 0 Å². The van der Waals surface area contributed by atoms with Crippen molar-refractivity contribution in [2.24, 2.45) is 0 Å². The second-order valence-electron chi connectivity index (χ2n) is 6.15. The Morgan fingerprint density at radius 2 is 1.96 bits per heavy atom. The Morgan fingerprint density at radius 1 is 1.26 bits per heavy atom. The first-order valence-corrected chi connectivity index (χ1v) is 9.31. The van der Waals surface area contributed by atoms with E-state index in [1.807, 2.05) is 0 Å². The van der Waals surface area contributed by atoms with E-state index in [1.165, 1.54) is 23.5 Å². The number of hydrogen-bond donors (Lipinski definition) is 0. The fourth-order valence-electron chi connectivity index (χ4n) is 3.01. The molecule has 9 heteroatoms. The van der Waals surface area contributed by atoms with Gasteiger partial charge in [-0.05, 0) is 17.7 Å². The quantitative estimate of drug-likeness (QED) is 0.668. The number of benzene rings is 1. The molecule has 1 atom stereocenters. The van der Waals surface area contributed by atoms with Crippen molar-refractivity contribution >= 4 is 17.8 Å². The Bertz CT molecular complexity index is 743. The highest BCUT2D eigenvalue weighted by Gasteiger charge is 2.31. The van der Waals surface area contributed by atoms with Gasteiger partial charge in [-0.3, -0.25) is 9.69 Å². The Kier molecular flexibility index (Phi) is 6.46. The Morgan fingerprint density at radius 3 is 2.59 bits per heavy atom. The monoisotopic (exact) mass is 400 g/mol. The van der Waals surface area contributed by atoms with Crippen LogP contribution in [0.25, 0.3) is 0 Å². The molecule has 2 aromatic rings. The molecular formula is C18H19F3N2O3S. The normalized spacial score (nSPS) is 16.9. The summed E-state index contributed by atoms with van der Waals surface area (Å²) in [5.41, 5.74) is 2.50. The maximum absolute atomic E-state index is 12.8. The van der Waals surface area contributed by atoms with E-state index < -0.39 is 11.7 Å². The molecule has 0 radical (unpaired) electrons. The van der Waals surface area contributed by atoms with Crippen LogP contribution in [0.15, 0.2) is 29.8 Å². The van der Waals surface area contributed by atoms with Crippen LogP contribution in [-0.4, -0.2) is 49.3 Å². The standard InChI is InChI=1S/C18H19F3N2O3S/c19-18(20,21)14-3-1-13(2-4-14)15(10-26-12-24)17-16(22-11-27-17)9-23-5-7-25-8-6-23/h1-4,11-12,15H,5-10H2. The molecule has 0 N–H and O–H groups in total. The molecule has 0 spiro atoms. The number of alkyl halides is 3. The zero-order valence-corrected chi connectivity index (χ0v) is 15.3. The highest BCUT2D eigenvalue weighted by Crippen LogP contribution is 2.34. The maximum atomic E-state index is 12.8. The lowest BCUT2D eigenvalue weighted by molar-refractivity contribution is -0.137. The summed E-state index contributed by atoms with van der Waals surface area (Å²) in [6.07, 6.45) is -4.39. The van der Waals surface area contributed by atoms with Gasteiger partial charge in [0.1, 0.15) is 6.61 Å². The van der Waals surface area contributed by atoms with E-state index in [0.29, 0.717) is 31.8 Å². The van der Waals surface area contributed by atoms with Crippen molar-refractivity contribution in [2.75, 3.05) is 32.9 Å². The van der Waals surface area contributed by atoms with E-state index >= 15 is 0 Å². The minimum absolute atomic E-state index is 0.0488. The fourth-order valence-corrected chi connectivity index (χ4v) is 3.93. The van der Waals surface area contributed by atoms with Crippen molar-refractivity contribution in [3.05, 3.63) is 51.5 Å². The number of carbonyl (C=O) groups is 1. The number of aromatic nitrogens is 1. The number of morpholine rings is 1. The Labute approximate surface area is 158 Å². The van der Waals surface area contributed by atoms with Gasteiger partial charge < -0.3 is 9.47 Å². The van der Waals surface area contributed by atoms with E-state index in [-0.39, 0.29) is 12.5 Å². The van der Waals surface area contributed by atoms with Gasteiger partial charge >= 0.3 is 6.18 Å². The lowest BCUT2D eigenvalue weighted by Gasteiger charge is -2.27. The molecule has 1 aromatic carbocycles. The average molecular weight is 400 g/mol. The zero-order chi connectivity index (χ0) is 19.3. The third-order valence-corrected chi connectivity index (χ3v) is 5.42. The first kappa shape index (κ1) is 19.8. The van der Waals surface area contributed by atoms with Crippen molar-refractivity contribution in [3.63, 3.8) is 0 Å². The highest BCUT2D eigenvalue weighted by atomic mass is 32.1. The minimum atomic E-state index is -4.39. The number of carbonyl (C=O) groups excluding carboxylic acids is 1. The summed E-state index contributed by atoms with van der Waals surface area (Å²) in [7, 11) is 0. The molecule has 146 valence electrons. The van der Waals surface area contributed by atoms with Gasteiger partial charge in [-0.15, -0.1) is 11.3 Å². The predicted octanol–water partition coefficient (Wildman–Crippen LogP) is 3.30. The topological polar surface area (TPSA) is 51.7 Å². The van der Waals surface area contributed by atoms with Crippen molar-refractivity contribution in [1.82, 2.24) is 9.88 Å². The molecule has 1 saturated heterocycles. The molecule has 0 saturated carbocycles. The summed E-state index contributed by atoms with van der Waals surface area (Å²) in [6.45, 7) is 3.94. The molecule has 1 fully saturated rings. The average Bonchev–Trinajstić information content (AvgIpc) is 3.10. The lowest BCUT2D eigenvalue weighted by atomic mass is 9.95. The summed E-state index contributed by atoms with van der Waals surface area (Å²) >= 11 is 1.41. The summed E-state index contributed by atoms with van der Waals surface area (Å²) in [6, 6.07) is 4.96. The Hall–Kier alpha value is -1.97. The molecule has 1 aliphatic rings. The van der Waals surface area contributed by atoms with Gasteiger partial charge in [0.05, 0.1) is 35.9 Å². The van der Waals surface area contributed by atoms with E-state index in [9.17, 15) is 18.0 Å². The van der Waals surface area contributed by atoms with Crippen LogP contribution in [0.1, 0.15) is 27.6 Å². The van der Waals surface area contributed by atoms with E-state index in [0.717, 1.165) is 35.8 Å². The van der Waals surface area contributed by atoms with Gasteiger partial charge in [-0.1, -0.05) is 12.1 Å². The first-order chi connectivity index (χ1) is 13.0. The maximum Gasteiger partial charge on any atom is 0.416 e. The number of ether oxygens (including phenoxy) is 2. The van der Waals surface area contributed by atoms with Crippen LogP contribution in [0.5, 0.6) is 0 Å². The van der Waals surface area contributed by atoms with Gasteiger partial charge in [0.25, 0.3) is 6.47 Å². The minimum Gasteiger partial charge on any atom is -0.467 e. The largest absolute Gasteiger partial charge is 0.467 e. The number of rotatable bonds is 7. The van der Waals surface area contributed by atoms with Crippen molar-refractivity contribution < 1.29 is 27.4 Å². The molecule has 3 rings (SSSR count). The molecular weight excluding hydrogens is 381 g/mol. The highest BCUT2D eigenvalue weighted by molar-refractivity contribution is 7.09. The summed E-state index contributed by atoms with van der Waals surface area (Å²) in [4.78, 5) is 18.2. The third kappa shape index (κ3) is 5.06. The van der Waals surface area contributed by atoms with Gasteiger partial charge in [-0.2, -0.15) is 13.2 Å². The zero-order valence-electron chi connectivity index (χ0n) is 14.4. The third-order valence-electron chi connectivity index (χ3n) is 4.44. The van der Waals surface area contributed by atoms with Gasteiger partial charge in [-0.25, -0.2) is 4.98 Å². The van der Waals surface area contributed by atoms with Gasteiger partial charge in [0, 0.05) is 24.5 Å². The predicted molar refractivity (Wildman–Crippen MR) is 93.5 cm³/mol. The van der Waals surface area contributed by atoms with E-state index in [2.05, 4.69) is 9.88 Å². The molecule has 2 heterocycles. The summed E-state index contributed by atoms with van der Waals surface area (Å²) < 4.78 is 48.8. The summed E-state index contributed by atoms with van der Waals surface area (Å²) in [5.74, 6) is -0.360. The molecule has 1 unspecified atom stereocenters. The van der Waals surface area contributed by atoms with Crippen LogP contribution in [0.3, 0.4) is 0 Å². The molecule has 0 aliphatic carbocycles. The first-order valence-electron chi connectivity index (χ1n) is 8.44. The van der Waals surface area contributed by atoms with E-state index in [4.69, 9.17) is 9.47 Å². The molecule has 0 bridgehead atoms. The van der Waals surface area contributed by atoms with Crippen molar-refractivity contribution in [1.29, 1.82) is 0 Å². The number of thiazole rings is 1. The van der Waals surface area contributed by atoms with Gasteiger partial charge in [0.15, 0.2) is 0 Å². The van der Waals surface area contributed by atoms with Crippen molar-refractivity contribution in [2.45, 2.75) is 18.6 Å². The SMILES string of the molecule is O=COCC(c1ccc(C(F)(F)F)cc1)c1scnc1CN1CCOCC1. The van der Waals surface area contributed by atoms with Crippen LogP contribution in [-0.2, 0) is 27.0 Å². The number of halogens is 3. The molecule has 27 heavy (non-hydrogen) atoms. The number of hydrogen-bond acceptors (Lipinski definition) is 6. The van der Waals surface area contributed by atoms with Crippen LogP contribution in [0.4, 0.5) is 13.2 Å². The molecule has 1 aromatic heterocycles. The second-order valence-corrected chi connectivity index (χ2v) is 7.04. The molecule has 5 nitrogen and oxygen atoms in total. The van der Waals surface area contributed by atoms with Gasteiger partial charge in [0.2, 0.25) is 0 Å². The Balaban J connectivity index is 1.84. The second kappa shape index (κ2) is 8.81. The fraction of sp³-hybridized carbons (Fsp3) is 0.444. The lowest BCUT2D eigenvalue weighted by Crippen LogP contribution is -2.36. The smallest absolute Gasteiger partial charge is 0.416 e. The number of nitrogens with zero attached hydrogens (tertiary/aromatic N) is 2. The van der Waals surface area contributed by atoms with Crippen LogP contribution in [0.2, 0.25) is 0 Å². The van der Waals surface area contributed by atoms with Crippen LogP contribution in [0, 0.1) is 0 Å². The molecule has 1 aliphatic heterocycles. The van der Waals surface area contributed by atoms with Crippen LogP contribution >= 0.6 is 11.3 Å². The van der Waals surface area contributed by atoms with E-state index in [1.54, 1.807) is 5.51 Å². The summed E-state index contributed by atoms with van der Waals surface area (Å²) in [5, 5.41) is 0. The molecule has 0 amide bonds.